The number of rotatable bonds is 7. The monoisotopic (exact) mass is 248 g/mol. The van der Waals surface area contributed by atoms with Crippen LogP contribution >= 0.6 is 11.8 Å². The van der Waals surface area contributed by atoms with Gasteiger partial charge in [-0.15, -0.1) is 0 Å². The van der Waals surface area contributed by atoms with Gasteiger partial charge in [-0.2, -0.15) is 11.8 Å². The molecule has 1 aromatic heterocycles. The van der Waals surface area contributed by atoms with Crippen molar-refractivity contribution >= 4 is 22.8 Å². The van der Waals surface area contributed by atoms with Crippen LogP contribution in [-0.2, 0) is 5.75 Å². The summed E-state index contributed by atoms with van der Waals surface area (Å²) >= 11 is 1.98. The highest BCUT2D eigenvalue weighted by Crippen LogP contribution is 2.16. The number of imidazole rings is 1. The summed E-state index contributed by atoms with van der Waals surface area (Å²) in [5.74, 6) is 3.35. The number of fused-ring (bicyclic) bond motifs is 1. The number of hydrogen-bond acceptors (Lipinski definition) is 2. The van der Waals surface area contributed by atoms with Gasteiger partial charge in [0, 0.05) is 0 Å². The lowest BCUT2D eigenvalue weighted by Crippen LogP contribution is -1.86. The molecule has 0 radical (unpaired) electrons. The van der Waals surface area contributed by atoms with E-state index in [1.54, 1.807) is 0 Å². The summed E-state index contributed by atoms with van der Waals surface area (Å²) in [5.41, 5.74) is 2.23. The number of unbranched alkanes of at least 4 members (excludes halogenated alkanes) is 3. The van der Waals surface area contributed by atoms with Gasteiger partial charge in [-0.05, 0) is 24.3 Å². The predicted molar refractivity (Wildman–Crippen MR) is 76.4 cm³/mol. The average Bonchev–Trinajstić information content (AvgIpc) is 2.76. The highest BCUT2D eigenvalue weighted by molar-refractivity contribution is 7.98. The molecule has 0 saturated carbocycles. The van der Waals surface area contributed by atoms with Crippen LogP contribution in [0.5, 0.6) is 0 Å². The van der Waals surface area contributed by atoms with Gasteiger partial charge in [-0.25, -0.2) is 4.98 Å². The van der Waals surface area contributed by atoms with Crippen LogP contribution in [0.15, 0.2) is 24.3 Å². The molecule has 0 spiro atoms. The molecular weight excluding hydrogens is 228 g/mol. The van der Waals surface area contributed by atoms with Crippen molar-refractivity contribution < 1.29 is 0 Å². The molecule has 2 aromatic rings. The number of hydrogen-bond donors (Lipinski definition) is 1. The molecule has 1 heterocycles. The van der Waals surface area contributed by atoms with Gasteiger partial charge in [0.25, 0.3) is 0 Å². The standard InChI is InChI=1S/C14H20N2S/c1-2-3-4-7-10-17-11-14-15-12-8-5-6-9-13(12)16-14/h5-6,8-9H,2-4,7,10-11H2,1H3,(H,15,16). The second-order valence-corrected chi connectivity index (χ2v) is 5.42. The van der Waals surface area contributed by atoms with Gasteiger partial charge in [0.1, 0.15) is 5.82 Å². The number of thioether (sulfide) groups is 1. The maximum absolute atomic E-state index is 4.57. The van der Waals surface area contributed by atoms with Crippen LogP contribution in [0.2, 0.25) is 0 Å². The summed E-state index contributed by atoms with van der Waals surface area (Å²) in [6, 6.07) is 8.21. The van der Waals surface area contributed by atoms with Crippen molar-refractivity contribution in [2.45, 2.75) is 38.4 Å². The van der Waals surface area contributed by atoms with Gasteiger partial charge in [-0.1, -0.05) is 38.3 Å². The molecule has 0 amide bonds. The highest BCUT2D eigenvalue weighted by Gasteiger charge is 2.01. The zero-order valence-corrected chi connectivity index (χ0v) is 11.2. The first-order chi connectivity index (χ1) is 8.40. The normalized spacial score (nSPS) is 11.1. The summed E-state index contributed by atoms with van der Waals surface area (Å²) in [7, 11) is 0. The molecule has 2 rings (SSSR count). The van der Waals surface area contributed by atoms with Crippen LogP contribution in [-0.4, -0.2) is 15.7 Å². The Morgan fingerprint density at radius 2 is 2.06 bits per heavy atom. The van der Waals surface area contributed by atoms with E-state index in [0.717, 1.165) is 22.6 Å². The van der Waals surface area contributed by atoms with E-state index in [-0.39, 0.29) is 0 Å². The summed E-state index contributed by atoms with van der Waals surface area (Å²) < 4.78 is 0. The quantitative estimate of drug-likeness (QED) is 0.737. The zero-order valence-electron chi connectivity index (χ0n) is 10.4. The lowest BCUT2D eigenvalue weighted by atomic mass is 10.2. The first kappa shape index (κ1) is 12.5. The molecule has 17 heavy (non-hydrogen) atoms. The van der Waals surface area contributed by atoms with Crippen molar-refractivity contribution in [3.05, 3.63) is 30.1 Å². The van der Waals surface area contributed by atoms with Crippen LogP contribution in [0.1, 0.15) is 38.4 Å². The van der Waals surface area contributed by atoms with Crippen LogP contribution in [0.3, 0.4) is 0 Å². The second kappa shape index (κ2) is 6.70. The minimum Gasteiger partial charge on any atom is -0.341 e. The fourth-order valence-electron chi connectivity index (χ4n) is 1.87. The lowest BCUT2D eigenvalue weighted by Gasteiger charge is -1.98. The third-order valence-electron chi connectivity index (χ3n) is 2.82. The van der Waals surface area contributed by atoms with Gasteiger partial charge in [0.2, 0.25) is 0 Å². The van der Waals surface area contributed by atoms with E-state index < -0.39 is 0 Å². The molecule has 0 saturated heterocycles. The molecule has 1 aromatic carbocycles. The van der Waals surface area contributed by atoms with Crippen molar-refractivity contribution in [1.82, 2.24) is 9.97 Å². The van der Waals surface area contributed by atoms with E-state index in [4.69, 9.17) is 0 Å². The Morgan fingerprint density at radius 1 is 1.18 bits per heavy atom. The molecule has 0 aliphatic heterocycles. The van der Waals surface area contributed by atoms with E-state index in [2.05, 4.69) is 29.0 Å². The maximum Gasteiger partial charge on any atom is 0.117 e. The molecule has 3 heteroatoms. The third-order valence-corrected chi connectivity index (χ3v) is 3.87. The van der Waals surface area contributed by atoms with Gasteiger partial charge in [-0.3, -0.25) is 0 Å². The smallest absolute Gasteiger partial charge is 0.117 e. The Labute approximate surface area is 107 Å². The Bertz CT molecular complexity index is 417. The molecule has 0 atom stereocenters. The number of H-pyrrole nitrogens is 1. The van der Waals surface area contributed by atoms with Gasteiger partial charge < -0.3 is 4.98 Å². The summed E-state index contributed by atoms with van der Waals surface area (Å²) in [6.07, 6.45) is 5.38. The Hall–Kier alpha value is -0.960. The van der Waals surface area contributed by atoms with E-state index in [1.807, 2.05) is 23.9 Å². The predicted octanol–water partition coefficient (Wildman–Crippen LogP) is 4.38. The fourth-order valence-corrected chi connectivity index (χ4v) is 2.76. The van der Waals surface area contributed by atoms with Crippen LogP contribution < -0.4 is 0 Å². The molecular formula is C14H20N2S. The Kier molecular flexibility index (Phi) is 4.92. The van der Waals surface area contributed by atoms with Crippen LogP contribution in [0, 0.1) is 0 Å². The SMILES string of the molecule is CCCCCCSCc1nc2ccccc2[nH]1. The summed E-state index contributed by atoms with van der Waals surface area (Å²) in [4.78, 5) is 7.94. The maximum atomic E-state index is 4.57. The third kappa shape index (κ3) is 3.77. The average molecular weight is 248 g/mol. The largest absolute Gasteiger partial charge is 0.341 e. The lowest BCUT2D eigenvalue weighted by molar-refractivity contribution is 0.706. The first-order valence-electron chi connectivity index (χ1n) is 6.41. The minimum absolute atomic E-state index is 1.00. The highest BCUT2D eigenvalue weighted by atomic mass is 32.2. The number of benzene rings is 1. The molecule has 0 aliphatic rings. The molecule has 0 fully saturated rings. The van der Waals surface area contributed by atoms with E-state index >= 15 is 0 Å². The number of aromatic amines is 1. The number of nitrogens with zero attached hydrogens (tertiary/aromatic N) is 1. The first-order valence-corrected chi connectivity index (χ1v) is 7.57. The van der Waals surface area contributed by atoms with Gasteiger partial charge >= 0.3 is 0 Å². The van der Waals surface area contributed by atoms with Crippen molar-refractivity contribution in [3.63, 3.8) is 0 Å². The molecule has 2 nitrogen and oxygen atoms in total. The minimum atomic E-state index is 1.00. The Morgan fingerprint density at radius 3 is 2.88 bits per heavy atom. The van der Waals surface area contributed by atoms with Gasteiger partial charge in [0.15, 0.2) is 0 Å². The van der Waals surface area contributed by atoms with Crippen molar-refractivity contribution in [1.29, 1.82) is 0 Å². The van der Waals surface area contributed by atoms with E-state index in [0.29, 0.717) is 0 Å². The van der Waals surface area contributed by atoms with E-state index in [9.17, 15) is 0 Å². The zero-order chi connectivity index (χ0) is 11.9. The Balaban J connectivity index is 1.75. The summed E-state index contributed by atoms with van der Waals surface area (Å²) in [6.45, 7) is 2.25. The second-order valence-electron chi connectivity index (χ2n) is 4.31. The number of nitrogens with one attached hydrogen (secondary N) is 1. The van der Waals surface area contributed by atoms with Crippen molar-refractivity contribution in [2.75, 3.05) is 5.75 Å². The number of aromatic nitrogens is 2. The molecule has 0 unspecified atom stereocenters. The molecule has 92 valence electrons. The van der Waals surface area contributed by atoms with Crippen LogP contribution in [0.25, 0.3) is 11.0 Å². The number of para-hydroxylation sites is 2. The van der Waals surface area contributed by atoms with Crippen LogP contribution in [0.4, 0.5) is 0 Å². The molecule has 1 N–H and O–H groups in total. The fraction of sp³-hybridized carbons (Fsp3) is 0.500. The molecule has 0 bridgehead atoms. The van der Waals surface area contributed by atoms with E-state index in [1.165, 1.54) is 31.4 Å². The molecule has 0 aliphatic carbocycles. The van der Waals surface area contributed by atoms with Crippen molar-refractivity contribution in [2.24, 2.45) is 0 Å². The summed E-state index contributed by atoms with van der Waals surface area (Å²) in [5, 5.41) is 0. The van der Waals surface area contributed by atoms with Crippen molar-refractivity contribution in [3.8, 4) is 0 Å². The van der Waals surface area contributed by atoms with Gasteiger partial charge in [0.05, 0.1) is 16.8 Å². The topological polar surface area (TPSA) is 28.7 Å².